The molecule has 2 rings (SSSR count). The van der Waals surface area contributed by atoms with E-state index in [1.54, 1.807) is 12.1 Å². The molecule has 1 N–H and O–H groups in total. The molecule has 3 nitrogen and oxygen atoms in total. The number of carbonyl (C=O) groups excluding carboxylic acids is 2. The molecule has 98 valence electrons. The van der Waals surface area contributed by atoms with Gasteiger partial charge < -0.3 is 4.98 Å². The number of benzene rings is 1. The Labute approximate surface area is 112 Å². The van der Waals surface area contributed by atoms with Gasteiger partial charge in [0.05, 0.1) is 5.69 Å². The molecule has 1 aromatic carbocycles. The minimum absolute atomic E-state index is 0.0290. The van der Waals surface area contributed by atoms with Gasteiger partial charge in [-0.25, -0.2) is 0 Å². The van der Waals surface area contributed by atoms with Crippen LogP contribution in [0.15, 0.2) is 30.3 Å². The van der Waals surface area contributed by atoms with Crippen LogP contribution < -0.4 is 0 Å². The molecule has 0 aliphatic rings. The second-order valence-electron chi connectivity index (χ2n) is 4.58. The number of hydrogen-bond donors (Lipinski definition) is 1. The van der Waals surface area contributed by atoms with Gasteiger partial charge in [-0.15, -0.1) is 0 Å². The Morgan fingerprint density at radius 1 is 1.16 bits per heavy atom. The molecule has 0 saturated heterocycles. The molecule has 0 unspecified atom stereocenters. The highest BCUT2D eigenvalue weighted by atomic mass is 16.1. The van der Waals surface area contributed by atoms with Crippen LogP contribution >= 0.6 is 0 Å². The third kappa shape index (κ3) is 2.36. The maximum absolute atomic E-state index is 12.6. The zero-order chi connectivity index (χ0) is 14.0. The Kier molecular flexibility index (Phi) is 3.65. The monoisotopic (exact) mass is 255 g/mol. The average Bonchev–Trinajstić information content (AvgIpc) is 2.76. The summed E-state index contributed by atoms with van der Waals surface area (Å²) < 4.78 is 0. The van der Waals surface area contributed by atoms with Crippen molar-refractivity contribution in [1.29, 1.82) is 0 Å². The highest BCUT2D eigenvalue weighted by molar-refractivity contribution is 6.12. The SMILES string of the molecule is CCc1c(C(C)=O)[nH]c(C)c1C(=O)c1ccccc1. The van der Waals surface area contributed by atoms with Gasteiger partial charge in [-0.2, -0.15) is 0 Å². The predicted octanol–water partition coefficient (Wildman–Crippen LogP) is 3.32. The molecule has 0 spiro atoms. The molecule has 0 fully saturated rings. The Bertz CT molecular complexity index is 624. The quantitative estimate of drug-likeness (QED) is 0.852. The van der Waals surface area contributed by atoms with Crippen LogP contribution in [0.4, 0.5) is 0 Å². The fraction of sp³-hybridized carbons (Fsp3) is 0.250. The first kappa shape index (κ1) is 13.3. The molecule has 3 heteroatoms. The van der Waals surface area contributed by atoms with Gasteiger partial charge in [0, 0.05) is 23.7 Å². The summed E-state index contributed by atoms with van der Waals surface area (Å²) in [5, 5.41) is 0. The number of hydrogen-bond acceptors (Lipinski definition) is 2. The molecular weight excluding hydrogens is 238 g/mol. The van der Waals surface area contributed by atoms with Gasteiger partial charge in [0.15, 0.2) is 11.6 Å². The number of nitrogens with one attached hydrogen (secondary N) is 1. The van der Waals surface area contributed by atoms with Gasteiger partial charge in [-0.05, 0) is 18.9 Å². The molecule has 1 aromatic heterocycles. The Morgan fingerprint density at radius 3 is 2.32 bits per heavy atom. The lowest BCUT2D eigenvalue weighted by Gasteiger charge is -2.04. The number of ketones is 2. The Hall–Kier alpha value is -2.16. The van der Waals surface area contributed by atoms with Crippen LogP contribution in [0.25, 0.3) is 0 Å². The van der Waals surface area contributed by atoms with Crippen molar-refractivity contribution < 1.29 is 9.59 Å². The van der Waals surface area contributed by atoms with Crippen molar-refractivity contribution in [3.8, 4) is 0 Å². The molecule has 0 radical (unpaired) electrons. The van der Waals surface area contributed by atoms with Crippen molar-refractivity contribution in [2.24, 2.45) is 0 Å². The second-order valence-corrected chi connectivity index (χ2v) is 4.58. The fourth-order valence-electron chi connectivity index (χ4n) is 2.37. The molecule has 1 heterocycles. The van der Waals surface area contributed by atoms with E-state index in [9.17, 15) is 9.59 Å². The zero-order valence-electron chi connectivity index (χ0n) is 11.4. The first-order valence-electron chi connectivity index (χ1n) is 6.38. The van der Waals surface area contributed by atoms with E-state index in [2.05, 4.69) is 4.98 Å². The van der Waals surface area contributed by atoms with E-state index in [0.717, 1.165) is 11.3 Å². The molecule has 0 atom stereocenters. The van der Waals surface area contributed by atoms with E-state index < -0.39 is 0 Å². The molecular formula is C16H17NO2. The number of aryl methyl sites for hydroxylation is 1. The number of carbonyl (C=O) groups is 2. The van der Waals surface area contributed by atoms with E-state index in [4.69, 9.17) is 0 Å². The molecule has 19 heavy (non-hydrogen) atoms. The lowest BCUT2D eigenvalue weighted by Crippen LogP contribution is -2.06. The molecule has 0 amide bonds. The van der Waals surface area contributed by atoms with Crippen LogP contribution in [-0.4, -0.2) is 16.6 Å². The lowest BCUT2D eigenvalue weighted by atomic mass is 9.97. The van der Waals surface area contributed by atoms with Gasteiger partial charge >= 0.3 is 0 Å². The molecule has 0 aliphatic heterocycles. The number of aromatic amines is 1. The van der Waals surface area contributed by atoms with E-state index in [1.165, 1.54) is 6.92 Å². The summed E-state index contributed by atoms with van der Waals surface area (Å²) in [4.78, 5) is 27.2. The van der Waals surface area contributed by atoms with Crippen molar-refractivity contribution in [3.05, 3.63) is 58.4 Å². The summed E-state index contributed by atoms with van der Waals surface area (Å²) in [5.74, 6) is -0.0641. The molecule has 0 saturated carbocycles. The van der Waals surface area contributed by atoms with Crippen LogP contribution in [-0.2, 0) is 6.42 Å². The van der Waals surface area contributed by atoms with E-state index >= 15 is 0 Å². The minimum atomic E-state index is -0.0351. The predicted molar refractivity (Wildman–Crippen MR) is 74.8 cm³/mol. The van der Waals surface area contributed by atoms with Crippen molar-refractivity contribution >= 4 is 11.6 Å². The van der Waals surface area contributed by atoms with Gasteiger partial charge in [0.25, 0.3) is 0 Å². The van der Waals surface area contributed by atoms with Gasteiger partial charge in [0.2, 0.25) is 0 Å². The van der Waals surface area contributed by atoms with Crippen LogP contribution in [0.3, 0.4) is 0 Å². The number of Topliss-reactive ketones (excluding diaryl/α,β-unsaturated/α-hetero) is 1. The smallest absolute Gasteiger partial charge is 0.195 e. The maximum Gasteiger partial charge on any atom is 0.195 e. The largest absolute Gasteiger partial charge is 0.355 e. The first-order valence-corrected chi connectivity index (χ1v) is 6.38. The van der Waals surface area contributed by atoms with Crippen molar-refractivity contribution in [2.45, 2.75) is 27.2 Å². The Morgan fingerprint density at radius 2 is 1.79 bits per heavy atom. The van der Waals surface area contributed by atoms with Gasteiger partial charge in [-0.1, -0.05) is 37.3 Å². The summed E-state index contributed by atoms with van der Waals surface area (Å²) in [5.41, 5.74) is 3.42. The van der Waals surface area contributed by atoms with E-state index in [-0.39, 0.29) is 11.6 Å². The second kappa shape index (κ2) is 5.22. The maximum atomic E-state index is 12.6. The fourth-order valence-corrected chi connectivity index (χ4v) is 2.37. The number of H-pyrrole nitrogens is 1. The van der Waals surface area contributed by atoms with Crippen LogP contribution in [0.2, 0.25) is 0 Å². The number of aromatic nitrogens is 1. The summed E-state index contributed by atoms with van der Waals surface area (Å²) in [6.07, 6.45) is 0.660. The lowest BCUT2D eigenvalue weighted by molar-refractivity contribution is 0.101. The first-order chi connectivity index (χ1) is 9.06. The van der Waals surface area contributed by atoms with Crippen LogP contribution in [0.1, 0.15) is 51.5 Å². The normalized spacial score (nSPS) is 10.5. The van der Waals surface area contributed by atoms with Gasteiger partial charge in [-0.3, -0.25) is 9.59 Å². The Balaban J connectivity index is 2.57. The van der Waals surface area contributed by atoms with E-state index in [0.29, 0.717) is 23.2 Å². The topological polar surface area (TPSA) is 49.9 Å². The van der Waals surface area contributed by atoms with Gasteiger partial charge in [0.1, 0.15) is 0 Å². The van der Waals surface area contributed by atoms with Crippen molar-refractivity contribution in [2.75, 3.05) is 0 Å². The standard InChI is InChI=1S/C16H17NO2/c1-4-13-14(10(2)17-15(13)11(3)18)16(19)12-8-6-5-7-9-12/h5-9,17H,4H2,1-3H3. The molecule has 0 bridgehead atoms. The van der Waals surface area contributed by atoms with E-state index in [1.807, 2.05) is 32.0 Å². The summed E-state index contributed by atoms with van der Waals surface area (Å²) in [7, 11) is 0. The third-order valence-corrected chi connectivity index (χ3v) is 3.26. The summed E-state index contributed by atoms with van der Waals surface area (Å²) >= 11 is 0. The summed E-state index contributed by atoms with van der Waals surface area (Å²) in [6.45, 7) is 5.31. The van der Waals surface area contributed by atoms with Crippen LogP contribution in [0, 0.1) is 6.92 Å². The third-order valence-electron chi connectivity index (χ3n) is 3.26. The van der Waals surface area contributed by atoms with Crippen molar-refractivity contribution in [3.63, 3.8) is 0 Å². The molecule has 0 aliphatic carbocycles. The average molecular weight is 255 g/mol. The highest BCUT2D eigenvalue weighted by Gasteiger charge is 2.22. The van der Waals surface area contributed by atoms with Crippen LogP contribution in [0.5, 0.6) is 0 Å². The number of rotatable bonds is 4. The zero-order valence-corrected chi connectivity index (χ0v) is 11.4. The van der Waals surface area contributed by atoms with Crippen molar-refractivity contribution in [1.82, 2.24) is 4.98 Å². The minimum Gasteiger partial charge on any atom is -0.355 e. The molecule has 2 aromatic rings. The highest BCUT2D eigenvalue weighted by Crippen LogP contribution is 2.23. The summed E-state index contributed by atoms with van der Waals surface area (Å²) in [6, 6.07) is 9.14.